The molecule has 0 radical (unpaired) electrons. The van der Waals surface area contributed by atoms with Gasteiger partial charge in [-0.3, -0.25) is 9.89 Å². The summed E-state index contributed by atoms with van der Waals surface area (Å²) in [4.78, 5) is 17.1. The van der Waals surface area contributed by atoms with Crippen molar-refractivity contribution in [2.45, 2.75) is 19.0 Å². The molecule has 2 rings (SSSR count). The number of carbonyl (C=O) groups excluding carboxylic acids is 1. The van der Waals surface area contributed by atoms with Crippen LogP contribution in [0.1, 0.15) is 24.5 Å². The van der Waals surface area contributed by atoms with Gasteiger partial charge in [-0.25, -0.2) is 4.98 Å². The molecule has 0 aliphatic rings. The second-order valence-electron chi connectivity index (χ2n) is 4.84. The van der Waals surface area contributed by atoms with Gasteiger partial charge in [0.1, 0.15) is 5.82 Å². The number of aromatic nitrogens is 3. The zero-order valence-corrected chi connectivity index (χ0v) is 13.6. The number of rotatable bonds is 7. The van der Waals surface area contributed by atoms with E-state index in [9.17, 15) is 4.79 Å². The van der Waals surface area contributed by atoms with E-state index in [4.69, 9.17) is 0 Å². The lowest BCUT2D eigenvalue weighted by molar-refractivity contribution is -0.118. The zero-order valence-electron chi connectivity index (χ0n) is 12.0. The Labute approximate surface area is 132 Å². The molecule has 2 N–H and O–H groups in total. The molecule has 2 aromatic rings. The van der Waals surface area contributed by atoms with E-state index in [1.54, 1.807) is 11.3 Å². The molecule has 0 fully saturated rings. The number of hydrogen-bond acceptors (Lipinski definition) is 5. The number of thioether (sulfide) groups is 1. The van der Waals surface area contributed by atoms with Gasteiger partial charge in [0.2, 0.25) is 11.1 Å². The van der Waals surface area contributed by atoms with Crippen LogP contribution >= 0.6 is 23.1 Å². The van der Waals surface area contributed by atoms with Gasteiger partial charge in [0.05, 0.1) is 5.75 Å². The lowest BCUT2D eigenvalue weighted by Gasteiger charge is -2.05. The van der Waals surface area contributed by atoms with Crippen LogP contribution in [0.5, 0.6) is 0 Å². The molecule has 0 saturated carbocycles. The Morgan fingerprint density at radius 3 is 3.10 bits per heavy atom. The topological polar surface area (TPSA) is 70.7 Å². The Balaban J connectivity index is 1.79. The largest absolute Gasteiger partial charge is 0.355 e. The summed E-state index contributed by atoms with van der Waals surface area (Å²) in [5.41, 5.74) is 0. The van der Waals surface area contributed by atoms with Gasteiger partial charge < -0.3 is 5.32 Å². The smallest absolute Gasteiger partial charge is 0.230 e. The molecule has 0 aliphatic carbocycles. The lowest BCUT2D eigenvalue weighted by atomic mass is 10.2. The van der Waals surface area contributed by atoms with Crippen molar-refractivity contribution in [1.82, 2.24) is 20.5 Å². The predicted molar refractivity (Wildman–Crippen MR) is 88.2 cm³/mol. The van der Waals surface area contributed by atoms with Crippen LogP contribution in [-0.2, 0) is 4.79 Å². The first-order valence-corrected chi connectivity index (χ1v) is 8.53. The zero-order chi connectivity index (χ0) is 15.1. The summed E-state index contributed by atoms with van der Waals surface area (Å²) in [5.74, 6) is 1.48. The Bertz CT molecular complexity index is 590. The van der Waals surface area contributed by atoms with Gasteiger partial charge in [0.25, 0.3) is 0 Å². The summed E-state index contributed by atoms with van der Waals surface area (Å²) in [5, 5.41) is 12.4. The number of thiophene rings is 1. The molecular formula is C14H18N4OS2. The van der Waals surface area contributed by atoms with Gasteiger partial charge in [-0.15, -0.1) is 16.4 Å². The van der Waals surface area contributed by atoms with Gasteiger partial charge in [-0.2, -0.15) is 0 Å². The maximum atomic E-state index is 11.6. The van der Waals surface area contributed by atoms with E-state index in [2.05, 4.69) is 34.3 Å². The molecule has 2 heterocycles. The molecular weight excluding hydrogens is 304 g/mol. The minimum atomic E-state index is 0.00850. The van der Waals surface area contributed by atoms with Crippen LogP contribution in [0.4, 0.5) is 0 Å². The highest BCUT2D eigenvalue weighted by Gasteiger charge is 2.07. The lowest BCUT2D eigenvalue weighted by Crippen LogP contribution is -2.28. The molecule has 2 aromatic heterocycles. The third kappa shape index (κ3) is 5.73. The maximum absolute atomic E-state index is 11.6. The Kier molecular flexibility index (Phi) is 6.01. The van der Waals surface area contributed by atoms with Crippen LogP contribution in [0.15, 0.2) is 22.7 Å². The van der Waals surface area contributed by atoms with Crippen molar-refractivity contribution >= 4 is 41.2 Å². The monoisotopic (exact) mass is 322 g/mol. The fourth-order valence-electron chi connectivity index (χ4n) is 1.44. The number of nitrogens with one attached hydrogen (secondary N) is 2. The van der Waals surface area contributed by atoms with E-state index >= 15 is 0 Å². The second kappa shape index (κ2) is 7.99. The quantitative estimate of drug-likeness (QED) is 0.769. The van der Waals surface area contributed by atoms with Crippen LogP contribution in [0.3, 0.4) is 0 Å². The summed E-state index contributed by atoms with van der Waals surface area (Å²) in [6.45, 7) is 4.83. The van der Waals surface area contributed by atoms with Gasteiger partial charge in [-0.05, 0) is 29.5 Å². The molecule has 0 saturated heterocycles. The van der Waals surface area contributed by atoms with Crippen LogP contribution in [0, 0.1) is 5.92 Å². The van der Waals surface area contributed by atoms with Gasteiger partial charge in [0.15, 0.2) is 0 Å². The third-order valence-electron chi connectivity index (χ3n) is 2.47. The van der Waals surface area contributed by atoms with Crippen molar-refractivity contribution in [3.05, 3.63) is 28.2 Å². The van der Waals surface area contributed by atoms with Crippen molar-refractivity contribution in [2.75, 3.05) is 12.3 Å². The van der Waals surface area contributed by atoms with Crippen LogP contribution < -0.4 is 5.32 Å². The van der Waals surface area contributed by atoms with Crippen LogP contribution in [0.2, 0.25) is 0 Å². The van der Waals surface area contributed by atoms with Gasteiger partial charge in [0, 0.05) is 11.4 Å². The summed E-state index contributed by atoms with van der Waals surface area (Å²) >= 11 is 2.99. The average molecular weight is 322 g/mol. The van der Waals surface area contributed by atoms with E-state index in [0.717, 1.165) is 4.88 Å². The minimum Gasteiger partial charge on any atom is -0.355 e. The molecule has 21 heavy (non-hydrogen) atoms. The summed E-state index contributed by atoms with van der Waals surface area (Å²) < 4.78 is 0. The third-order valence-corrected chi connectivity index (χ3v) is 4.16. The number of aromatic amines is 1. The molecule has 0 bridgehead atoms. The summed E-state index contributed by atoms with van der Waals surface area (Å²) in [6.07, 6.45) is 3.86. The Morgan fingerprint density at radius 1 is 1.52 bits per heavy atom. The summed E-state index contributed by atoms with van der Waals surface area (Å²) in [6, 6.07) is 4.04. The first kappa shape index (κ1) is 15.8. The minimum absolute atomic E-state index is 0.00850. The van der Waals surface area contributed by atoms with E-state index in [0.29, 0.717) is 29.2 Å². The van der Waals surface area contributed by atoms with Crippen molar-refractivity contribution in [3.63, 3.8) is 0 Å². The van der Waals surface area contributed by atoms with Crippen molar-refractivity contribution < 1.29 is 4.79 Å². The highest BCUT2D eigenvalue weighted by molar-refractivity contribution is 7.99. The molecule has 0 unspecified atom stereocenters. The van der Waals surface area contributed by atoms with Gasteiger partial charge >= 0.3 is 0 Å². The molecule has 5 nitrogen and oxygen atoms in total. The van der Waals surface area contributed by atoms with Crippen LogP contribution in [0.25, 0.3) is 12.2 Å². The molecule has 1 amide bonds. The standard InChI is InChI=1S/C14H18N4OS2/c1-10(2)8-15-13(19)9-21-14-16-12(17-18-14)6-5-11-4-3-7-20-11/h3-7,10H,8-9H2,1-2H3,(H,15,19)(H,16,17,18). The fraction of sp³-hybridized carbons (Fsp3) is 0.357. The van der Waals surface area contributed by atoms with E-state index in [1.807, 2.05) is 29.7 Å². The van der Waals surface area contributed by atoms with E-state index < -0.39 is 0 Å². The molecule has 0 spiro atoms. The normalized spacial score (nSPS) is 11.4. The Hall–Kier alpha value is -1.60. The molecule has 0 aliphatic heterocycles. The SMILES string of the molecule is CC(C)CNC(=O)CSc1n[nH]c(C=Cc2cccs2)n1. The molecule has 0 atom stereocenters. The van der Waals surface area contributed by atoms with E-state index in [-0.39, 0.29) is 5.91 Å². The molecule has 7 heteroatoms. The van der Waals surface area contributed by atoms with Gasteiger partial charge in [-0.1, -0.05) is 31.7 Å². The summed E-state index contributed by atoms with van der Waals surface area (Å²) in [7, 11) is 0. The number of amides is 1. The van der Waals surface area contributed by atoms with Crippen molar-refractivity contribution in [2.24, 2.45) is 5.92 Å². The predicted octanol–water partition coefficient (Wildman–Crippen LogP) is 2.90. The number of H-pyrrole nitrogens is 1. The molecule has 0 aromatic carbocycles. The Morgan fingerprint density at radius 2 is 2.38 bits per heavy atom. The second-order valence-corrected chi connectivity index (χ2v) is 6.76. The number of nitrogens with zero attached hydrogens (tertiary/aromatic N) is 2. The first-order valence-electron chi connectivity index (χ1n) is 6.67. The fourth-order valence-corrected chi connectivity index (χ4v) is 2.70. The van der Waals surface area contributed by atoms with E-state index in [1.165, 1.54) is 11.8 Å². The average Bonchev–Trinajstić information content (AvgIpc) is 3.11. The highest BCUT2D eigenvalue weighted by atomic mass is 32.2. The number of hydrogen-bond donors (Lipinski definition) is 2. The van der Waals surface area contributed by atoms with Crippen molar-refractivity contribution in [3.8, 4) is 0 Å². The maximum Gasteiger partial charge on any atom is 0.230 e. The number of carbonyl (C=O) groups is 1. The van der Waals surface area contributed by atoms with Crippen LogP contribution in [-0.4, -0.2) is 33.4 Å². The molecule has 112 valence electrons. The van der Waals surface area contributed by atoms with Crippen molar-refractivity contribution in [1.29, 1.82) is 0 Å². The highest BCUT2D eigenvalue weighted by Crippen LogP contribution is 2.14. The first-order chi connectivity index (χ1) is 10.1.